The molecule has 2 saturated heterocycles. The van der Waals surface area contributed by atoms with Gasteiger partial charge >= 0.3 is 5.97 Å². The summed E-state index contributed by atoms with van der Waals surface area (Å²) in [6, 6.07) is 0. The van der Waals surface area contributed by atoms with E-state index in [-0.39, 0.29) is 12.0 Å². The van der Waals surface area contributed by atoms with Crippen LogP contribution in [-0.2, 0) is 19.0 Å². The van der Waals surface area contributed by atoms with Gasteiger partial charge in [0.1, 0.15) is 36.6 Å². The average molecular weight is 659 g/mol. The number of hydrogen-bond acceptors (Lipinski definition) is 12. The normalized spacial score (nSPS) is 35.0. The lowest BCUT2D eigenvalue weighted by molar-refractivity contribution is -0.315. The largest absolute Gasteiger partial charge is 0.478 e. The second-order valence-corrected chi connectivity index (χ2v) is 12.7. The van der Waals surface area contributed by atoms with Crippen molar-refractivity contribution in [2.24, 2.45) is 5.92 Å². The van der Waals surface area contributed by atoms with Crippen LogP contribution in [0.15, 0.2) is 47.6 Å². The van der Waals surface area contributed by atoms with Gasteiger partial charge in [-0.15, -0.1) is 6.58 Å². The van der Waals surface area contributed by atoms with E-state index in [0.717, 1.165) is 24.0 Å². The number of aliphatic hydroxyl groups excluding tert-OH is 8. The predicted molar refractivity (Wildman–Crippen MR) is 167 cm³/mol. The SMILES string of the molecule is C=C[C@](C)(CCC=C(C)CCC=C(C)CC(O)C=C(C)C(=O)O)O[C@@H]1OC(CO)[C@@H](O)[C@H](O)C1C[C@@H]1OC(CO)[C@@H](O)[C@H](O)C1O. The van der Waals surface area contributed by atoms with Gasteiger partial charge in [-0.05, 0) is 72.3 Å². The van der Waals surface area contributed by atoms with E-state index in [9.17, 15) is 45.6 Å². The number of carboxylic acids is 1. The van der Waals surface area contributed by atoms with Crippen molar-refractivity contribution < 1.29 is 65.0 Å². The van der Waals surface area contributed by atoms with Crippen LogP contribution in [0, 0.1) is 5.92 Å². The number of carboxylic acid groups (broad SMARTS) is 1. The lowest BCUT2D eigenvalue weighted by Crippen LogP contribution is -2.62. The van der Waals surface area contributed by atoms with E-state index >= 15 is 0 Å². The molecule has 0 bridgehead atoms. The van der Waals surface area contributed by atoms with E-state index in [1.165, 1.54) is 13.0 Å². The number of rotatable bonds is 17. The van der Waals surface area contributed by atoms with Gasteiger partial charge in [-0.25, -0.2) is 4.79 Å². The van der Waals surface area contributed by atoms with Crippen molar-refractivity contribution in [2.75, 3.05) is 13.2 Å². The Hall–Kier alpha value is -2.01. The first-order valence-electron chi connectivity index (χ1n) is 15.7. The number of aliphatic hydroxyl groups is 8. The van der Waals surface area contributed by atoms with Gasteiger partial charge in [0.15, 0.2) is 6.29 Å². The third kappa shape index (κ3) is 11.3. The molecule has 2 aliphatic rings. The second kappa shape index (κ2) is 18.5. The van der Waals surface area contributed by atoms with Gasteiger partial charge in [-0.3, -0.25) is 0 Å². The molecule has 0 amide bonds. The molecule has 13 nitrogen and oxygen atoms in total. The van der Waals surface area contributed by atoms with Crippen LogP contribution in [0.5, 0.6) is 0 Å². The van der Waals surface area contributed by atoms with Crippen molar-refractivity contribution in [3.8, 4) is 0 Å². The number of carbonyl (C=O) groups is 1. The van der Waals surface area contributed by atoms with E-state index in [2.05, 4.69) is 12.7 Å². The first-order chi connectivity index (χ1) is 21.6. The van der Waals surface area contributed by atoms with Crippen molar-refractivity contribution in [1.29, 1.82) is 0 Å². The molecule has 0 aromatic rings. The molecule has 264 valence electrons. The summed E-state index contributed by atoms with van der Waals surface area (Å²) in [6.45, 7) is 9.78. The van der Waals surface area contributed by atoms with Crippen LogP contribution >= 0.6 is 0 Å². The van der Waals surface area contributed by atoms with Crippen LogP contribution < -0.4 is 0 Å². The molecular weight excluding hydrogens is 604 g/mol. The Labute approximate surface area is 270 Å². The molecule has 0 aromatic heterocycles. The molecule has 0 aromatic carbocycles. The van der Waals surface area contributed by atoms with Gasteiger partial charge < -0.3 is 60.2 Å². The molecule has 2 heterocycles. The molecule has 13 heteroatoms. The minimum Gasteiger partial charge on any atom is -0.478 e. The fourth-order valence-electron chi connectivity index (χ4n) is 5.71. The summed E-state index contributed by atoms with van der Waals surface area (Å²) < 4.78 is 17.8. The number of ether oxygens (including phenoxy) is 3. The highest BCUT2D eigenvalue weighted by atomic mass is 16.7. The first-order valence-corrected chi connectivity index (χ1v) is 15.7. The molecule has 12 atom stereocenters. The molecule has 5 unspecified atom stereocenters. The smallest absolute Gasteiger partial charge is 0.331 e. The van der Waals surface area contributed by atoms with E-state index in [1.807, 2.05) is 19.9 Å². The fourth-order valence-corrected chi connectivity index (χ4v) is 5.71. The van der Waals surface area contributed by atoms with Crippen LogP contribution in [0.3, 0.4) is 0 Å². The average Bonchev–Trinajstić information content (AvgIpc) is 3.00. The molecule has 9 N–H and O–H groups in total. The molecule has 0 radical (unpaired) electrons. The maximum Gasteiger partial charge on any atom is 0.331 e. The Morgan fingerprint density at radius 2 is 1.43 bits per heavy atom. The highest BCUT2D eigenvalue weighted by molar-refractivity contribution is 5.85. The monoisotopic (exact) mass is 658 g/mol. The maximum absolute atomic E-state index is 11.0. The molecule has 2 rings (SSSR count). The Balaban J connectivity index is 2.06. The highest BCUT2D eigenvalue weighted by Crippen LogP contribution is 2.37. The summed E-state index contributed by atoms with van der Waals surface area (Å²) in [7, 11) is 0. The lowest BCUT2D eigenvalue weighted by atomic mass is 9.83. The van der Waals surface area contributed by atoms with E-state index < -0.39 is 91.9 Å². The van der Waals surface area contributed by atoms with Crippen molar-refractivity contribution in [3.05, 3.63) is 47.6 Å². The third-order valence-corrected chi connectivity index (χ3v) is 8.80. The van der Waals surface area contributed by atoms with E-state index in [0.29, 0.717) is 19.3 Å². The second-order valence-electron chi connectivity index (χ2n) is 12.7. The topological polar surface area (TPSA) is 227 Å². The van der Waals surface area contributed by atoms with Crippen LogP contribution in [0.2, 0.25) is 0 Å². The van der Waals surface area contributed by atoms with Crippen LogP contribution in [-0.4, -0.2) is 132 Å². The predicted octanol–water partition coefficient (Wildman–Crippen LogP) is 0.470. The molecule has 0 spiro atoms. The van der Waals surface area contributed by atoms with E-state index in [1.54, 1.807) is 13.0 Å². The summed E-state index contributed by atoms with van der Waals surface area (Å²) in [5, 5.41) is 90.9. The zero-order valence-electron chi connectivity index (χ0n) is 27.2. The van der Waals surface area contributed by atoms with Gasteiger partial charge in [0.05, 0.1) is 37.1 Å². The zero-order chi connectivity index (χ0) is 34.8. The summed E-state index contributed by atoms with van der Waals surface area (Å²) in [4.78, 5) is 10.9. The molecule has 2 fully saturated rings. The molecule has 2 aliphatic heterocycles. The summed E-state index contributed by atoms with van der Waals surface area (Å²) >= 11 is 0. The quantitative estimate of drug-likeness (QED) is 0.0766. The van der Waals surface area contributed by atoms with E-state index in [4.69, 9.17) is 19.3 Å². The van der Waals surface area contributed by atoms with Crippen molar-refractivity contribution in [1.82, 2.24) is 0 Å². The van der Waals surface area contributed by atoms with Crippen LogP contribution in [0.4, 0.5) is 0 Å². The van der Waals surface area contributed by atoms with Crippen LogP contribution in [0.25, 0.3) is 0 Å². The molecule has 46 heavy (non-hydrogen) atoms. The van der Waals surface area contributed by atoms with Crippen molar-refractivity contribution in [3.63, 3.8) is 0 Å². The number of aliphatic carboxylic acids is 1. The Bertz CT molecular complexity index is 1070. The molecule has 0 saturated carbocycles. The molecular formula is C33H54O13. The standard InChI is InChI=1S/C33H54O13/c1-6-33(5,12-8-11-18(2)9-7-10-19(3)13-21(36)14-20(4)31(42)43)46-32-22(26(37)28(39)25(17-35)45-32)15-23-27(38)30(41)29(40)24(16-34)44-23/h6,10-11,14,21-30,32,34-41H,1,7-9,12-13,15-17H2,2-5H3,(H,42,43)/t21?,22?,23-,24?,25?,26+,27?,28+,29+,30+,32-,33+/m0/s1. The van der Waals surface area contributed by atoms with Crippen molar-refractivity contribution >= 4 is 5.97 Å². The summed E-state index contributed by atoms with van der Waals surface area (Å²) in [6.07, 6.45) is -3.48. The zero-order valence-corrected chi connectivity index (χ0v) is 27.2. The Morgan fingerprint density at radius 1 is 0.870 bits per heavy atom. The highest BCUT2D eigenvalue weighted by Gasteiger charge is 2.51. The third-order valence-electron chi connectivity index (χ3n) is 8.80. The van der Waals surface area contributed by atoms with Crippen LogP contribution in [0.1, 0.15) is 66.2 Å². The lowest BCUT2D eigenvalue weighted by Gasteiger charge is -2.47. The van der Waals surface area contributed by atoms with Gasteiger partial charge in [-0.2, -0.15) is 0 Å². The maximum atomic E-state index is 11.0. The minimum atomic E-state index is -1.61. The summed E-state index contributed by atoms with van der Waals surface area (Å²) in [5.74, 6) is -2.06. The first kappa shape index (κ1) is 40.2. The van der Waals surface area contributed by atoms with Gasteiger partial charge in [0, 0.05) is 11.5 Å². The minimum absolute atomic E-state index is 0.0935. The Morgan fingerprint density at radius 3 is 2.02 bits per heavy atom. The van der Waals surface area contributed by atoms with Gasteiger partial charge in [-0.1, -0.05) is 29.4 Å². The van der Waals surface area contributed by atoms with Gasteiger partial charge in [0.2, 0.25) is 0 Å². The molecule has 0 aliphatic carbocycles. The Kier molecular flexibility index (Phi) is 16.2. The fraction of sp³-hybridized carbons (Fsp3) is 0.727. The number of hydrogen-bond donors (Lipinski definition) is 9. The number of allylic oxidation sites excluding steroid dienone is 3. The van der Waals surface area contributed by atoms with Gasteiger partial charge in [0.25, 0.3) is 0 Å². The van der Waals surface area contributed by atoms with Crippen molar-refractivity contribution in [2.45, 2.75) is 133 Å². The summed E-state index contributed by atoms with van der Waals surface area (Å²) in [5.41, 5.74) is 1.18.